The van der Waals surface area contributed by atoms with Gasteiger partial charge in [0.2, 0.25) is 11.8 Å². The van der Waals surface area contributed by atoms with Gasteiger partial charge in [-0.1, -0.05) is 43.9 Å². The summed E-state index contributed by atoms with van der Waals surface area (Å²) in [5, 5.41) is 5.81. The minimum absolute atomic E-state index is 0.0960. The van der Waals surface area contributed by atoms with Crippen molar-refractivity contribution in [3.63, 3.8) is 0 Å². The minimum Gasteiger partial charge on any atom is -0.352 e. The molecule has 3 atom stereocenters. The molecule has 0 spiro atoms. The van der Waals surface area contributed by atoms with Gasteiger partial charge in [-0.3, -0.25) is 14.4 Å². The van der Waals surface area contributed by atoms with Gasteiger partial charge in [0.25, 0.3) is 5.91 Å². The van der Waals surface area contributed by atoms with E-state index in [9.17, 15) is 14.4 Å². The summed E-state index contributed by atoms with van der Waals surface area (Å²) in [7, 11) is 0. The number of hydrogen-bond acceptors (Lipinski definition) is 4. The Balaban J connectivity index is 1.36. The van der Waals surface area contributed by atoms with E-state index in [-0.39, 0.29) is 29.1 Å². The molecule has 1 aliphatic carbocycles. The molecule has 6 nitrogen and oxygen atoms in total. The second-order valence-corrected chi connectivity index (χ2v) is 9.04. The van der Waals surface area contributed by atoms with Crippen LogP contribution >= 0.6 is 11.8 Å². The Labute approximate surface area is 169 Å². The number of carbonyl (C=O) groups excluding carboxylic acids is 3. The Morgan fingerprint density at radius 1 is 1.14 bits per heavy atom. The fraction of sp³-hybridized carbons (Fsp3) is 0.571. The van der Waals surface area contributed by atoms with Crippen LogP contribution in [0.25, 0.3) is 0 Å². The van der Waals surface area contributed by atoms with Gasteiger partial charge in [0.1, 0.15) is 17.5 Å². The topological polar surface area (TPSA) is 78.5 Å². The van der Waals surface area contributed by atoms with Crippen molar-refractivity contribution >= 4 is 29.5 Å². The molecular formula is C21H27N3O3S. The van der Waals surface area contributed by atoms with E-state index < -0.39 is 12.1 Å². The smallest absolute Gasteiger partial charge is 0.256 e. The van der Waals surface area contributed by atoms with Crippen molar-refractivity contribution in [2.45, 2.75) is 68.9 Å². The van der Waals surface area contributed by atoms with Crippen molar-refractivity contribution in [3.8, 4) is 0 Å². The van der Waals surface area contributed by atoms with Crippen LogP contribution in [0.1, 0.15) is 66.7 Å². The molecule has 1 aromatic carbocycles. The molecule has 4 rings (SSSR count). The molecule has 3 aliphatic rings. The zero-order valence-corrected chi connectivity index (χ0v) is 17.0. The van der Waals surface area contributed by atoms with E-state index in [4.69, 9.17) is 0 Å². The van der Waals surface area contributed by atoms with Crippen LogP contribution in [-0.4, -0.2) is 46.5 Å². The first-order chi connectivity index (χ1) is 13.6. The highest BCUT2D eigenvalue weighted by Gasteiger charge is 2.48. The number of benzene rings is 1. The molecular weight excluding hydrogens is 374 g/mol. The zero-order valence-electron chi connectivity index (χ0n) is 16.1. The van der Waals surface area contributed by atoms with Crippen LogP contribution in [0.3, 0.4) is 0 Å². The lowest BCUT2D eigenvalue weighted by Gasteiger charge is -2.25. The molecule has 1 aromatic rings. The third-order valence-electron chi connectivity index (χ3n) is 5.95. The average Bonchev–Trinajstić information content (AvgIpc) is 3.13. The standard InChI is InChI=1S/C21H27N3O3S/c1-13(18(25)23-14-8-4-2-3-5-9-14)22-19(26)17-12-28-21-16-11-7-6-10-15(16)20(27)24(17)21/h6-7,10-11,13-14,17,21H,2-5,8-9,12H2,1H3,(H,22,26)(H,23,25)/t13-,17+,21+/m0/s1. The van der Waals surface area contributed by atoms with Crippen LogP contribution in [0.5, 0.6) is 0 Å². The fourth-order valence-electron chi connectivity index (χ4n) is 4.37. The second-order valence-electron chi connectivity index (χ2n) is 7.93. The predicted octanol–water partition coefficient (Wildman–Crippen LogP) is 2.60. The van der Waals surface area contributed by atoms with Gasteiger partial charge in [0.05, 0.1) is 0 Å². The van der Waals surface area contributed by atoms with Gasteiger partial charge in [-0.25, -0.2) is 0 Å². The third kappa shape index (κ3) is 3.64. The average molecular weight is 402 g/mol. The summed E-state index contributed by atoms with van der Waals surface area (Å²) in [5.41, 5.74) is 1.66. The molecule has 1 saturated heterocycles. The lowest BCUT2D eigenvalue weighted by molar-refractivity contribution is -0.130. The maximum atomic E-state index is 12.8. The van der Waals surface area contributed by atoms with Gasteiger partial charge in [0, 0.05) is 17.4 Å². The highest BCUT2D eigenvalue weighted by molar-refractivity contribution is 7.99. The number of rotatable bonds is 4. The highest BCUT2D eigenvalue weighted by atomic mass is 32.2. The van der Waals surface area contributed by atoms with Gasteiger partial charge in [-0.2, -0.15) is 0 Å². The number of amides is 3. The van der Waals surface area contributed by atoms with E-state index in [0.29, 0.717) is 11.3 Å². The van der Waals surface area contributed by atoms with Gasteiger partial charge in [0.15, 0.2) is 0 Å². The maximum Gasteiger partial charge on any atom is 0.256 e. The third-order valence-corrected chi connectivity index (χ3v) is 7.25. The van der Waals surface area contributed by atoms with Crippen molar-refractivity contribution in [2.24, 2.45) is 0 Å². The minimum atomic E-state index is -0.611. The summed E-state index contributed by atoms with van der Waals surface area (Å²) in [6.07, 6.45) is 6.76. The van der Waals surface area contributed by atoms with E-state index in [1.54, 1.807) is 23.6 Å². The number of carbonyl (C=O) groups is 3. The van der Waals surface area contributed by atoms with E-state index >= 15 is 0 Å². The van der Waals surface area contributed by atoms with E-state index in [2.05, 4.69) is 10.6 Å². The van der Waals surface area contributed by atoms with Crippen molar-refractivity contribution in [3.05, 3.63) is 35.4 Å². The SMILES string of the molecule is C[C@H](NC(=O)[C@H]1CS[C@@H]2c3ccccc3C(=O)N12)C(=O)NC1CCCCCC1. The summed E-state index contributed by atoms with van der Waals surface area (Å²) >= 11 is 1.61. The first kappa shape index (κ1) is 19.3. The fourth-order valence-corrected chi connectivity index (χ4v) is 5.83. The number of fused-ring (bicyclic) bond motifs is 3. The van der Waals surface area contributed by atoms with Crippen LogP contribution in [0.15, 0.2) is 24.3 Å². The Morgan fingerprint density at radius 3 is 2.61 bits per heavy atom. The molecule has 2 fully saturated rings. The quantitative estimate of drug-likeness (QED) is 0.760. The van der Waals surface area contributed by atoms with Gasteiger partial charge < -0.3 is 15.5 Å². The zero-order chi connectivity index (χ0) is 19.7. The predicted molar refractivity (Wildman–Crippen MR) is 109 cm³/mol. The Bertz CT molecular complexity index is 776. The monoisotopic (exact) mass is 401 g/mol. The molecule has 2 heterocycles. The highest BCUT2D eigenvalue weighted by Crippen LogP contribution is 2.48. The summed E-state index contributed by atoms with van der Waals surface area (Å²) < 4.78 is 0. The van der Waals surface area contributed by atoms with Gasteiger partial charge in [-0.15, -0.1) is 11.8 Å². The second kappa shape index (κ2) is 8.15. The molecule has 1 saturated carbocycles. The summed E-state index contributed by atoms with van der Waals surface area (Å²) in [5.74, 6) is 0.0625. The molecule has 2 aliphatic heterocycles. The van der Waals surface area contributed by atoms with Crippen molar-refractivity contribution in [1.82, 2.24) is 15.5 Å². The Kier molecular flexibility index (Phi) is 5.62. The van der Waals surface area contributed by atoms with Crippen LogP contribution in [0.2, 0.25) is 0 Å². The van der Waals surface area contributed by atoms with Gasteiger partial charge >= 0.3 is 0 Å². The molecule has 3 amide bonds. The lowest BCUT2D eigenvalue weighted by atomic mass is 10.1. The van der Waals surface area contributed by atoms with Crippen molar-refractivity contribution in [2.75, 3.05) is 5.75 Å². The first-order valence-electron chi connectivity index (χ1n) is 10.2. The van der Waals surface area contributed by atoms with Crippen LogP contribution in [0.4, 0.5) is 0 Å². The summed E-state index contributed by atoms with van der Waals surface area (Å²) in [6, 6.07) is 6.59. The first-order valence-corrected chi connectivity index (χ1v) is 11.2. The molecule has 2 N–H and O–H groups in total. The molecule has 28 heavy (non-hydrogen) atoms. The van der Waals surface area contributed by atoms with E-state index in [0.717, 1.165) is 31.2 Å². The Hall–Kier alpha value is -2.02. The molecule has 150 valence electrons. The summed E-state index contributed by atoms with van der Waals surface area (Å²) in [4.78, 5) is 39.8. The van der Waals surface area contributed by atoms with Crippen LogP contribution < -0.4 is 10.6 Å². The van der Waals surface area contributed by atoms with Crippen LogP contribution in [0, 0.1) is 0 Å². The van der Waals surface area contributed by atoms with E-state index in [1.165, 1.54) is 12.8 Å². The molecule has 7 heteroatoms. The number of nitrogens with one attached hydrogen (secondary N) is 2. The van der Waals surface area contributed by atoms with Gasteiger partial charge in [-0.05, 0) is 31.4 Å². The number of thioether (sulfide) groups is 1. The number of nitrogens with zero attached hydrogens (tertiary/aromatic N) is 1. The normalized spacial score (nSPS) is 25.6. The largest absolute Gasteiger partial charge is 0.352 e. The van der Waals surface area contributed by atoms with Crippen LogP contribution in [-0.2, 0) is 9.59 Å². The Morgan fingerprint density at radius 2 is 1.86 bits per heavy atom. The van der Waals surface area contributed by atoms with Crippen molar-refractivity contribution < 1.29 is 14.4 Å². The lowest BCUT2D eigenvalue weighted by Crippen LogP contribution is -2.53. The summed E-state index contributed by atoms with van der Waals surface area (Å²) in [6.45, 7) is 1.71. The maximum absolute atomic E-state index is 12.8. The molecule has 0 aromatic heterocycles. The molecule has 0 bridgehead atoms. The van der Waals surface area contributed by atoms with E-state index in [1.807, 2.05) is 24.3 Å². The molecule has 0 radical (unpaired) electrons. The molecule has 0 unspecified atom stereocenters. The number of hydrogen-bond donors (Lipinski definition) is 2. The van der Waals surface area contributed by atoms with Crippen molar-refractivity contribution in [1.29, 1.82) is 0 Å².